The zero-order valence-corrected chi connectivity index (χ0v) is 19.5. The van der Waals surface area contributed by atoms with Gasteiger partial charge in [-0.2, -0.15) is 0 Å². The van der Waals surface area contributed by atoms with Gasteiger partial charge in [0, 0.05) is 28.9 Å². The van der Waals surface area contributed by atoms with Crippen molar-refractivity contribution in [1.82, 2.24) is 25.2 Å². The average molecular weight is 444 g/mol. The van der Waals surface area contributed by atoms with Crippen LogP contribution in [0.2, 0.25) is 0 Å². The number of carbonyl (C=O) groups is 2. The van der Waals surface area contributed by atoms with Crippen LogP contribution < -0.4 is 5.32 Å². The quantitative estimate of drug-likeness (QED) is 0.282. The number of carbonyl (C=O) groups excluding carboxylic acids is 2. The molecule has 0 saturated carbocycles. The van der Waals surface area contributed by atoms with Gasteiger partial charge in [0.15, 0.2) is 5.78 Å². The SMILES string of the molecule is Cc1[nH]c(C(=O)NCCCN(C)C)c(C)c1-c1nc2cc(C(=O)c3ccccc3)ccc2[nH]1. The molecule has 0 bridgehead atoms. The number of rotatable bonds is 8. The van der Waals surface area contributed by atoms with Gasteiger partial charge in [-0.05, 0) is 64.7 Å². The van der Waals surface area contributed by atoms with E-state index in [1.807, 2.05) is 70.4 Å². The average Bonchev–Trinajstić information content (AvgIpc) is 3.35. The van der Waals surface area contributed by atoms with E-state index in [4.69, 9.17) is 4.98 Å². The lowest BCUT2D eigenvalue weighted by Crippen LogP contribution is -2.27. The first-order chi connectivity index (χ1) is 15.8. The van der Waals surface area contributed by atoms with Gasteiger partial charge in [0.25, 0.3) is 5.91 Å². The normalized spacial score (nSPS) is 11.3. The number of ketones is 1. The molecule has 2 aromatic carbocycles. The summed E-state index contributed by atoms with van der Waals surface area (Å²) in [5, 5.41) is 2.98. The van der Waals surface area contributed by atoms with E-state index in [9.17, 15) is 9.59 Å². The van der Waals surface area contributed by atoms with E-state index in [-0.39, 0.29) is 11.7 Å². The molecule has 0 saturated heterocycles. The summed E-state index contributed by atoms with van der Waals surface area (Å²) in [4.78, 5) is 38.9. The lowest BCUT2D eigenvalue weighted by atomic mass is 10.0. The number of hydrogen-bond acceptors (Lipinski definition) is 4. The Balaban J connectivity index is 1.59. The molecule has 2 heterocycles. The molecule has 0 radical (unpaired) electrons. The Hall–Kier alpha value is -3.71. The van der Waals surface area contributed by atoms with Crippen LogP contribution in [0.4, 0.5) is 0 Å². The zero-order chi connectivity index (χ0) is 23.5. The second-order valence-electron chi connectivity index (χ2n) is 8.55. The highest BCUT2D eigenvalue weighted by atomic mass is 16.2. The molecule has 0 aliphatic carbocycles. The highest BCUT2D eigenvalue weighted by molar-refractivity contribution is 6.10. The molecule has 0 aliphatic rings. The third-order valence-electron chi connectivity index (χ3n) is 5.75. The molecule has 2 aromatic heterocycles. The molecule has 0 atom stereocenters. The van der Waals surface area contributed by atoms with Gasteiger partial charge in [-0.15, -0.1) is 0 Å². The van der Waals surface area contributed by atoms with Gasteiger partial charge in [0.05, 0.1) is 11.0 Å². The second kappa shape index (κ2) is 9.42. The maximum absolute atomic E-state index is 12.8. The topological polar surface area (TPSA) is 93.9 Å². The Bertz CT molecular complexity index is 1300. The van der Waals surface area contributed by atoms with Gasteiger partial charge in [-0.25, -0.2) is 4.98 Å². The third kappa shape index (κ3) is 4.73. The number of nitrogens with zero attached hydrogens (tertiary/aromatic N) is 2. The Morgan fingerprint density at radius 3 is 2.48 bits per heavy atom. The number of aryl methyl sites for hydroxylation is 1. The summed E-state index contributed by atoms with van der Waals surface area (Å²) in [5.41, 5.74) is 5.92. The van der Waals surface area contributed by atoms with Crippen molar-refractivity contribution in [2.24, 2.45) is 0 Å². The van der Waals surface area contributed by atoms with E-state index < -0.39 is 0 Å². The van der Waals surface area contributed by atoms with Gasteiger partial charge in [0.1, 0.15) is 11.5 Å². The largest absolute Gasteiger partial charge is 0.354 e. The number of amides is 1. The van der Waals surface area contributed by atoms with Crippen LogP contribution in [0.3, 0.4) is 0 Å². The van der Waals surface area contributed by atoms with E-state index in [0.717, 1.165) is 35.3 Å². The molecule has 4 aromatic rings. The van der Waals surface area contributed by atoms with Crippen molar-refractivity contribution in [2.45, 2.75) is 20.3 Å². The molecule has 33 heavy (non-hydrogen) atoms. The van der Waals surface area contributed by atoms with Crippen molar-refractivity contribution in [3.8, 4) is 11.4 Å². The zero-order valence-electron chi connectivity index (χ0n) is 19.5. The maximum Gasteiger partial charge on any atom is 0.268 e. The summed E-state index contributed by atoms with van der Waals surface area (Å²) in [6, 6.07) is 14.7. The summed E-state index contributed by atoms with van der Waals surface area (Å²) in [6.07, 6.45) is 0.887. The fourth-order valence-corrected chi connectivity index (χ4v) is 4.04. The van der Waals surface area contributed by atoms with E-state index in [1.54, 1.807) is 6.07 Å². The van der Waals surface area contributed by atoms with Gasteiger partial charge in [-0.1, -0.05) is 30.3 Å². The number of fused-ring (bicyclic) bond motifs is 1. The highest BCUT2D eigenvalue weighted by Gasteiger charge is 2.21. The monoisotopic (exact) mass is 443 g/mol. The smallest absolute Gasteiger partial charge is 0.268 e. The van der Waals surface area contributed by atoms with Crippen LogP contribution in [-0.4, -0.2) is 58.7 Å². The van der Waals surface area contributed by atoms with E-state index in [0.29, 0.717) is 34.7 Å². The van der Waals surface area contributed by atoms with Crippen LogP contribution in [0.15, 0.2) is 48.5 Å². The van der Waals surface area contributed by atoms with E-state index in [2.05, 4.69) is 20.2 Å². The fraction of sp³-hybridized carbons (Fsp3) is 0.269. The van der Waals surface area contributed by atoms with Crippen LogP contribution >= 0.6 is 0 Å². The molecular formula is C26H29N5O2. The summed E-state index contributed by atoms with van der Waals surface area (Å²) >= 11 is 0. The molecule has 0 unspecified atom stereocenters. The van der Waals surface area contributed by atoms with Crippen molar-refractivity contribution in [1.29, 1.82) is 0 Å². The van der Waals surface area contributed by atoms with Crippen LogP contribution in [-0.2, 0) is 0 Å². The third-order valence-corrected chi connectivity index (χ3v) is 5.75. The first-order valence-electron chi connectivity index (χ1n) is 11.1. The standard InChI is InChI=1S/C26H29N5O2/c1-16-22(17(2)28-23(16)26(33)27-13-8-14-31(3)4)25-29-20-12-11-19(15-21(20)30-25)24(32)18-9-6-5-7-10-18/h5-7,9-12,15,28H,8,13-14H2,1-4H3,(H,27,33)(H,29,30). The molecular weight excluding hydrogens is 414 g/mol. The minimum absolute atomic E-state index is 0.0377. The van der Waals surface area contributed by atoms with E-state index >= 15 is 0 Å². The van der Waals surface area contributed by atoms with Crippen molar-refractivity contribution in [3.05, 3.63) is 76.6 Å². The van der Waals surface area contributed by atoms with Crippen molar-refractivity contribution >= 4 is 22.7 Å². The summed E-state index contributed by atoms with van der Waals surface area (Å²) in [7, 11) is 4.03. The first-order valence-corrected chi connectivity index (χ1v) is 11.1. The summed E-state index contributed by atoms with van der Waals surface area (Å²) < 4.78 is 0. The number of nitrogens with one attached hydrogen (secondary N) is 3. The molecule has 0 aliphatic heterocycles. The molecule has 7 heteroatoms. The minimum Gasteiger partial charge on any atom is -0.354 e. The predicted octanol–water partition coefficient (Wildman–Crippen LogP) is 4.09. The van der Waals surface area contributed by atoms with Crippen LogP contribution in [0.5, 0.6) is 0 Å². The Morgan fingerprint density at radius 2 is 1.76 bits per heavy atom. The van der Waals surface area contributed by atoms with Gasteiger partial charge in [-0.3, -0.25) is 9.59 Å². The lowest BCUT2D eigenvalue weighted by Gasteiger charge is -2.09. The first kappa shape index (κ1) is 22.5. The second-order valence-corrected chi connectivity index (χ2v) is 8.55. The van der Waals surface area contributed by atoms with Crippen molar-refractivity contribution in [2.75, 3.05) is 27.2 Å². The maximum atomic E-state index is 12.8. The molecule has 4 rings (SSSR count). The number of benzene rings is 2. The Kier molecular flexibility index (Phi) is 6.42. The lowest BCUT2D eigenvalue weighted by molar-refractivity contribution is 0.0946. The molecule has 0 fully saturated rings. The highest BCUT2D eigenvalue weighted by Crippen LogP contribution is 2.29. The number of imidazole rings is 1. The number of hydrogen-bond donors (Lipinski definition) is 3. The Morgan fingerprint density at radius 1 is 1.00 bits per heavy atom. The number of aromatic nitrogens is 3. The number of H-pyrrole nitrogens is 2. The van der Waals surface area contributed by atoms with Gasteiger partial charge >= 0.3 is 0 Å². The van der Waals surface area contributed by atoms with Crippen molar-refractivity contribution < 1.29 is 9.59 Å². The fourth-order valence-electron chi connectivity index (χ4n) is 4.04. The van der Waals surface area contributed by atoms with Crippen LogP contribution in [0.25, 0.3) is 22.4 Å². The Labute approximate surface area is 193 Å². The van der Waals surface area contributed by atoms with E-state index in [1.165, 1.54) is 0 Å². The van der Waals surface area contributed by atoms with Crippen LogP contribution in [0, 0.1) is 13.8 Å². The minimum atomic E-state index is -0.118. The van der Waals surface area contributed by atoms with Crippen LogP contribution in [0.1, 0.15) is 44.1 Å². The van der Waals surface area contributed by atoms with Gasteiger partial charge < -0.3 is 20.2 Å². The molecule has 170 valence electrons. The number of aromatic amines is 2. The van der Waals surface area contributed by atoms with Gasteiger partial charge in [0.2, 0.25) is 0 Å². The molecule has 1 amide bonds. The molecule has 3 N–H and O–H groups in total. The van der Waals surface area contributed by atoms with Crippen molar-refractivity contribution in [3.63, 3.8) is 0 Å². The summed E-state index contributed by atoms with van der Waals surface area (Å²) in [6.45, 7) is 5.39. The summed E-state index contributed by atoms with van der Waals surface area (Å²) in [5.74, 6) is 0.518. The molecule has 7 nitrogen and oxygen atoms in total. The predicted molar refractivity (Wildman–Crippen MR) is 131 cm³/mol. The molecule has 0 spiro atoms.